The van der Waals surface area contributed by atoms with Crippen molar-refractivity contribution in [2.24, 2.45) is 5.92 Å². The molecule has 100 valence electrons. The van der Waals surface area contributed by atoms with Gasteiger partial charge in [0.05, 0.1) is 5.39 Å². The molecule has 2 aromatic heterocycles. The fourth-order valence-corrected chi connectivity index (χ4v) is 3.31. The lowest BCUT2D eigenvalue weighted by Crippen LogP contribution is -2.05. The molecule has 0 atom stereocenters. The summed E-state index contributed by atoms with van der Waals surface area (Å²) in [5, 5.41) is 4.61. The Balaban J connectivity index is 1.72. The second-order valence-corrected chi connectivity index (χ2v) is 6.27. The van der Waals surface area contributed by atoms with Gasteiger partial charge in [0, 0.05) is 11.4 Å². The molecule has 0 bridgehead atoms. The Morgan fingerprint density at radius 1 is 1.15 bits per heavy atom. The van der Waals surface area contributed by atoms with Crippen LogP contribution in [-0.4, -0.2) is 16.5 Å². The maximum Gasteiger partial charge on any atom is 0.138 e. The van der Waals surface area contributed by atoms with E-state index in [-0.39, 0.29) is 0 Å². The largest absolute Gasteiger partial charge is 0.369 e. The lowest BCUT2D eigenvalue weighted by Gasteiger charge is -2.04. The Bertz CT molecular complexity index is 732. The number of hydrogen-bond acceptors (Lipinski definition) is 4. The van der Waals surface area contributed by atoms with Gasteiger partial charge >= 0.3 is 0 Å². The lowest BCUT2D eigenvalue weighted by molar-refractivity contribution is 0.884. The average molecular weight is 281 g/mol. The van der Waals surface area contributed by atoms with Crippen LogP contribution in [0.4, 0.5) is 5.82 Å². The zero-order valence-electron chi connectivity index (χ0n) is 11.0. The van der Waals surface area contributed by atoms with Crippen molar-refractivity contribution in [2.45, 2.75) is 12.8 Å². The molecule has 1 aromatic carbocycles. The fourth-order valence-electron chi connectivity index (χ4n) is 2.30. The van der Waals surface area contributed by atoms with Gasteiger partial charge in [0.25, 0.3) is 0 Å². The molecule has 2 heterocycles. The molecule has 0 amide bonds. The Labute approximate surface area is 121 Å². The number of benzene rings is 1. The molecule has 1 aliphatic rings. The van der Waals surface area contributed by atoms with Crippen molar-refractivity contribution in [1.29, 1.82) is 0 Å². The molecular weight excluding hydrogens is 266 g/mol. The summed E-state index contributed by atoms with van der Waals surface area (Å²) in [5.41, 5.74) is 1.24. The minimum atomic E-state index is 0.840. The van der Waals surface area contributed by atoms with E-state index >= 15 is 0 Å². The number of anilines is 1. The van der Waals surface area contributed by atoms with Crippen LogP contribution in [0, 0.1) is 5.92 Å². The van der Waals surface area contributed by atoms with E-state index in [0.717, 1.165) is 28.5 Å². The molecule has 3 aromatic rings. The molecule has 0 radical (unpaired) electrons. The molecule has 0 aliphatic heterocycles. The lowest BCUT2D eigenvalue weighted by atomic mass is 10.2. The van der Waals surface area contributed by atoms with Crippen molar-refractivity contribution < 1.29 is 0 Å². The van der Waals surface area contributed by atoms with Gasteiger partial charge in [-0.2, -0.15) is 0 Å². The van der Waals surface area contributed by atoms with Crippen LogP contribution in [0.15, 0.2) is 42.7 Å². The summed E-state index contributed by atoms with van der Waals surface area (Å²) in [6.07, 6.45) is 4.35. The number of fused-ring (bicyclic) bond motifs is 1. The predicted molar refractivity (Wildman–Crippen MR) is 84.1 cm³/mol. The maximum absolute atomic E-state index is 4.40. The third-order valence-corrected chi connectivity index (χ3v) is 4.73. The smallest absolute Gasteiger partial charge is 0.138 e. The number of nitrogens with zero attached hydrogens (tertiary/aromatic N) is 2. The average Bonchev–Trinajstić information content (AvgIpc) is 3.22. The summed E-state index contributed by atoms with van der Waals surface area (Å²) in [4.78, 5) is 11.1. The first-order valence-corrected chi connectivity index (χ1v) is 7.75. The first kappa shape index (κ1) is 11.9. The summed E-state index contributed by atoms with van der Waals surface area (Å²) in [7, 11) is 0. The highest BCUT2D eigenvalue weighted by molar-refractivity contribution is 7.21. The molecule has 4 rings (SSSR count). The van der Waals surface area contributed by atoms with Crippen molar-refractivity contribution >= 4 is 27.4 Å². The van der Waals surface area contributed by atoms with E-state index in [9.17, 15) is 0 Å². The van der Waals surface area contributed by atoms with Crippen LogP contribution in [0.2, 0.25) is 0 Å². The van der Waals surface area contributed by atoms with Gasteiger partial charge in [-0.05, 0) is 30.4 Å². The molecular formula is C16H15N3S. The van der Waals surface area contributed by atoms with Crippen LogP contribution in [0.1, 0.15) is 12.8 Å². The van der Waals surface area contributed by atoms with Gasteiger partial charge in [-0.15, -0.1) is 11.3 Å². The number of hydrogen-bond donors (Lipinski definition) is 1. The predicted octanol–water partition coefficient (Wildman–Crippen LogP) is 4.18. The number of aromatic nitrogens is 2. The van der Waals surface area contributed by atoms with Crippen molar-refractivity contribution in [3.63, 3.8) is 0 Å². The van der Waals surface area contributed by atoms with Crippen molar-refractivity contribution in [1.82, 2.24) is 9.97 Å². The Kier molecular flexibility index (Phi) is 2.89. The van der Waals surface area contributed by atoms with Gasteiger partial charge in [-0.1, -0.05) is 30.3 Å². The normalized spacial score (nSPS) is 14.6. The van der Waals surface area contributed by atoms with E-state index in [1.165, 1.54) is 23.3 Å². The van der Waals surface area contributed by atoms with E-state index < -0.39 is 0 Å². The van der Waals surface area contributed by atoms with Gasteiger partial charge in [0.15, 0.2) is 0 Å². The summed E-state index contributed by atoms with van der Waals surface area (Å²) >= 11 is 1.72. The van der Waals surface area contributed by atoms with E-state index in [2.05, 4.69) is 45.6 Å². The van der Waals surface area contributed by atoms with Crippen molar-refractivity contribution in [3.05, 3.63) is 42.7 Å². The quantitative estimate of drug-likeness (QED) is 0.779. The number of thiophene rings is 1. The van der Waals surface area contributed by atoms with Crippen LogP contribution in [0.3, 0.4) is 0 Å². The second kappa shape index (κ2) is 4.87. The maximum atomic E-state index is 4.40. The minimum Gasteiger partial charge on any atom is -0.369 e. The van der Waals surface area contributed by atoms with Crippen LogP contribution in [0.25, 0.3) is 20.7 Å². The minimum absolute atomic E-state index is 0.840. The summed E-state index contributed by atoms with van der Waals surface area (Å²) in [6.45, 7) is 1.03. The van der Waals surface area contributed by atoms with Crippen molar-refractivity contribution in [3.8, 4) is 10.4 Å². The molecule has 1 N–H and O–H groups in total. The molecule has 3 nitrogen and oxygen atoms in total. The Morgan fingerprint density at radius 2 is 2.00 bits per heavy atom. The van der Waals surface area contributed by atoms with Gasteiger partial charge in [-0.25, -0.2) is 9.97 Å². The molecule has 0 spiro atoms. The molecule has 20 heavy (non-hydrogen) atoms. The van der Waals surface area contributed by atoms with Gasteiger partial charge in [-0.3, -0.25) is 0 Å². The van der Waals surface area contributed by atoms with Gasteiger partial charge in [0.1, 0.15) is 17.0 Å². The van der Waals surface area contributed by atoms with Crippen LogP contribution in [-0.2, 0) is 0 Å². The number of rotatable bonds is 4. The standard InChI is InChI=1S/C16H15N3S/c1-2-4-12(5-3-1)14-8-13-15(17-9-11-6-7-11)18-10-19-16(13)20-14/h1-5,8,10-11H,6-7,9H2,(H,17,18,19). The van der Waals surface area contributed by atoms with E-state index in [1.54, 1.807) is 17.7 Å². The zero-order chi connectivity index (χ0) is 13.4. The summed E-state index contributed by atoms with van der Waals surface area (Å²) in [6, 6.07) is 12.6. The van der Waals surface area contributed by atoms with Crippen molar-refractivity contribution in [2.75, 3.05) is 11.9 Å². The SMILES string of the molecule is c1ccc(-c2cc3c(NCC4CC4)ncnc3s2)cc1. The first-order chi connectivity index (χ1) is 9.90. The highest BCUT2D eigenvalue weighted by atomic mass is 32.1. The third-order valence-electron chi connectivity index (χ3n) is 3.64. The van der Waals surface area contributed by atoms with E-state index in [4.69, 9.17) is 0 Å². The highest BCUT2D eigenvalue weighted by Gasteiger charge is 2.21. The molecule has 0 saturated heterocycles. The third kappa shape index (κ3) is 2.27. The van der Waals surface area contributed by atoms with Crippen LogP contribution in [0.5, 0.6) is 0 Å². The number of nitrogens with one attached hydrogen (secondary N) is 1. The van der Waals surface area contributed by atoms with E-state index in [0.29, 0.717) is 0 Å². The fraction of sp³-hybridized carbons (Fsp3) is 0.250. The molecule has 1 saturated carbocycles. The van der Waals surface area contributed by atoms with E-state index in [1.807, 2.05) is 6.07 Å². The second-order valence-electron chi connectivity index (χ2n) is 5.24. The summed E-state index contributed by atoms with van der Waals surface area (Å²) in [5.74, 6) is 1.81. The molecule has 0 unspecified atom stereocenters. The zero-order valence-corrected chi connectivity index (χ0v) is 11.9. The van der Waals surface area contributed by atoms with Crippen LogP contribution >= 0.6 is 11.3 Å². The Morgan fingerprint density at radius 3 is 2.80 bits per heavy atom. The van der Waals surface area contributed by atoms with Gasteiger partial charge in [0.2, 0.25) is 0 Å². The Hall–Kier alpha value is -1.94. The topological polar surface area (TPSA) is 37.8 Å². The monoisotopic (exact) mass is 281 g/mol. The first-order valence-electron chi connectivity index (χ1n) is 6.94. The van der Waals surface area contributed by atoms with Gasteiger partial charge < -0.3 is 5.32 Å². The molecule has 1 aliphatic carbocycles. The highest BCUT2D eigenvalue weighted by Crippen LogP contribution is 2.35. The summed E-state index contributed by atoms with van der Waals surface area (Å²) < 4.78 is 0. The molecule has 4 heteroatoms. The van der Waals surface area contributed by atoms with Crippen LogP contribution < -0.4 is 5.32 Å². The molecule has 1 fully saturated rings.